The highest BCUT2D eigenvalue weighted by Gasteiger charge is 2.15. The molecule has 1 atom stereocenters. The first-order chi connectivity index (χ1) is 8.72. The van der Waals surface area contributed by atoms with E-state index in [9.17, 15) is 4.79 Å². The van der Waals surface area contributed by atoms with Crippen molar-refractivity contribution in [2.45, 2.75) is 13.0 Å². The van der Waals surface area contributed by atoms with Crippen molar-refractivity contribution in [1.82, 2.24) is 10.3 Å². The van der Waals surface area contributed by atoms with E-state index < -0.39 is 0 Å². The molecule has 18 heavy (non-hydrogen) atoms. The number of nitrogens with one attached hydrogen (secondary N) is 2. The number of hydrogen-bond donors (Lipinski definition) is 2. The van der Waals surface area contributed by atoms with Crippen molar-refractivity contribution in [3.63, 3.8) is 0 Å². The summed E-state index contributed by atoms with van der Waals surface area (Å²) in [6, 6.07) is 10.2. The predicted octanol–water partition coefficient (Wildman–Crippen LogP) is 1.33. The van der Waals surface area contributed by atoms with Gasteiger partial charge in [0.15, 0.2) is 0 Å². The Kier molecular flexibility index (Phi) is 2.80. The van der Waals surface area contributed by atoms with Gasteiger partial charge in [-0.1, -0.05) is 6.07 Å². The fourth-order valence-corrected chi connectivity index (χ4v) is 2.50. The van der Waals surface area contributed by atoms with Crippen molar-refractivity contribution in [1.29, 1.82) is 0 Å². The molecule has 2 aromatic rings. The molecule has 0 aliphatic carbocycles. The number of benzene rings is 1. The molecule has 0 radical (unpaired) electrons. The van der Waals surface area contributed by atoms with Gasteiger partial charge in [0.25, 0.3) is 0 Å². The van der Waals surface area contributed by atoms with Crippen LogP contribution in [-0.2, 0) is 0 Å². The van der Waals surface area contributed by atoms with Crippen LogP contribution in [0.15, 0.2) is 35.1 Å². The molecule has 1 fully saturated rings. The third-order valence-corrected chi connectivity index (χ3v) is 3.44. The molecule has 2 N–H and O–H groups in total. The standard InChI is InChI=1S/C14H17N3O/c1-10-9-17(7-6-15-10)12-4-2-11-3-5-14(18)16-13(11)8-12/h2-5,8,10,15H,6-7,9H2,1H3,(H,16,18). The smallest absolute Gasteiger partial charge is 0.248 e. The van der Waals surface area contributed by atoms with Gasteiger partial charge in [-0.2, -0.15) is 0 Å². The Bertz CT molecular complexity index is 620. The van der Waals surface area contributed by atoms with E-state index in [1.165, 1.54) is 5.69 Å². The van der Waals surface area contributed by atoms with Crippen LogP contribution in [0, 0.1) is 0 Å². The molecule has 1 aliphatic rings. The van der Waals surface area contributed by atoms with E-state index in [4.69, 9.17) is 0 Å². The lowest BCUT2D eigenvalue weighted by atomic mass is 10.1. The summed E-state index contributed by atoms with van der Waals surface area (Å²) in [7, 11) is 0. The molecule has 0 spiro atoms. The second-order valence-corrected chi connectivity index (χ2v) is 4.90. The summed E-state index contributed by atoms with van der Waals surface area (Å²) in [4.78, 5) is 16.6. The Morgan fingerprint density at radius 1 is 1.28 bits per heavy atom. The van der Waals surface area contributed by atoms with Gasteiger partial charge in [0.1, 0.15) is 0 Å². The van der Waals surface area contributed by atoms with Crippen LogP contribution in [0.4, 0.5) is 5.69 Å². The summed E-state index contributed by atoms with van der Waals surface area (Å²) in [5, 5.41) is 4.50. The highest BCUT2D eigenvalue weighted by atomic mass is 16.1. The van der Waals surface area contributed by atoms with Crippen LogP contribution in [-0.4, -0.2) is 30.7 Å². The first-order valence-electron chi connectivity index (χ1n) is 6.34. The number of anilines is 1. The molecule has 1 aromatic carbocycles. The van der Waals surface area contributed by atoms with E-state index in [0.29, 0.717) is 6.04 Å². The second kappa shape index (κ2) is 4.46. The number of fused-ring (bicyclic) bond motifs is 1. The minimum absolute atomic E-state index is 0.0478. The van der Waals surface area contributed by atoms with Crippen LogP contribution in [0.3, 0.4) is 0 Å². The Morgan fingerprint density at radius 2 is 2.11 bits per heavy atom. The minimum atomic E-state index is -0.0478. The van der Waals surface area contributed by atoms with E-state index in [0.717, 1.165) is 30.5 Å². The number of hydrogen-bond acceptors (Lipinski definition) is 3. The Balaban J connectivity index is 1.99. The quantitative estimate of drug-likeness (QED) is 0.794. The molecule has 1 aliphatic heterocycles. The maximum Gasteiger partial charge on any atom is 0.248 e. The molecular weight excluding hydrogens is 226 g/mol. The lowest BCUT2D eigenvalue weighted by molar-refractivity contribution is 0.485. The molecule has 2 heterocycles. The molecule has 0 bridgehead atoms. The molecule has 1 saturated heterocycles. The summed E-state index contributed by atoms with van der Waals surface area (Å²) in [6.45, 7) is 5.20. The van der Waals surface area contributed by atoms with Crippen LogP contribution in [0.2, 0.25) is 0 Å². The minimum Gasteiger partial charge on any atom is -0.369 e. The maximum absolute atomic E-state index is 11.3. The zero-order valence-corrected chi connectivity index (χ0v) is 10.4. The van der Waals surface area contributed by atoms with Crippen molar-refractivity contribution in [3.05, 3.63) is 40.7 Å². The van der Waals surface area contributed by atoms with Gasteiger partial charge in [-0.25, -0.2) is 0 Å². The predicted molar refractivity (Wildman–Crippen MR) is 74.2 cm³/mol. The Hall–Kier alpha value is -1.81. The summed E-state index contributed by atoms with van der Waals surface area (Å²) >= 11 is 0. The third-order valence-electron chi connectivity index (χ3n) is 3.44. The molecule has 94 valence electrons. The van der Waals surface area contributed by atoms with Crippen molar-refractivity contribution in [2.75, 3.05) is 24.5 Å². The van der Waals surface area contributed by atoms with Gasteiger partial charge in [0.2, 0.25) is 5.56 Å². The van der Waals surface area contributed by atoms with Crippen LogP contribution >= 0.6 is 0 Å². The molecule has 1 aromatic heterocycles. The lowest BCUT2D eigenvalue weighted by Crippen LogP contribution is -2.49. The fraction of sp³-hybridized carbons (Fsp3) is 0.357. The van der Waals surface area contributed by atoms with Crippen molar-refractivity contribution in [3.8, 4) is 0 Å². The number of aromatic amines is 1. The number of aromatic nitrogens is 1. The van der Waals surface area contributed by atoms with E-state index in [2.05, 4.69) is 40.3 Å². The van der Waals surface area contributed by atoms with Gasteiger partial charge < -0.3 is 15.2 Å². The van der Waals surface area contributed by atoms with Crippen LogP contribution in [0.25, 0.3) is 10.9 Å². The van der Waals surface area contributed by atoms with E-state index >= 15 is 0 Å². The van der Waals surface area contributed by atoms with Gasteiger partial charge in [-0.05, 0) is 30.5 Å². The van der Waals surface area contributed by atoms with Crippen molar-refractivity contribution in [2.24, 2.45) is 0 Å². The second-order valence-electron chi connectivity index (χ2n) is 4.90. The van der Waals surface area contributed by atoms with Crippen molar-refractivity contribution < 1.29 is 0 Å². The number of rotatable bonds is 1. The maximum atomic E-state index is 11.3. The van der Waals surface area contributed by atoms with Crippen LogP contribution < -0.4 is 15.8 Å². The Morgan fingerprint density at radius 3 is 2.94 bits per heavy atom. The van der Waals surface area contributed by atoms with Gasteiger partial charge in [0, 0.05) is 37.4 Å². The molecule has 4 heteroatoms. The molecule has 3 rings (SSSR count). The normalized spacial score (nSPS) is 20.3. The molecule has 0 saturated carbocycles. The summed E-state index contributed by atoms with van der Waals surface area (Å²) in [6.07, 6.45) is 0. The average molecular weight is 243 g/mol. The van der Waals surface area contributed by atoms with Crippen LogP contribution in [0.1, 0.15) is 6.92 Å². The largest absolute Gasteiger partial charge is 0.369 e. The zero-order valence-electron chi connectivity index (χ0n) is 10.4. The van der Waals surface area contributed by atoms with Gasteiger partial charge in [-0.15, -0.1) is 0 Å². The molecule has 4 nitrogen and oxygen atoms in total. The number of piperazine rings is 1. The highest BCUT2D eigenvalue weighted by molar-refractivity contribution is 5.82. The molecule has 0 amide bonds. The number of nitrogens with zero attached hydrogens (tertiary/aromatic N) is 1. The lowest BCUT2D eigenvalue weighted by Gasteiger charge is -2.33. The summed E-state index contributed by atoms with van der Waals surface area (Å²) in [5.74, 6) is 0. The van der Waals surface area contributed by atoms with E-state index in [1.54, 1.807) is 6.07 Å². The monoisotopic (exact) mass is 243 g/mol. The van der Waals surface area contributed by atoms with Crippen molar-refractivity contribution >= 4 is 16.6 Å². The Labute approximate surface area is 106 Å². The topological polar surface area (TPSA) is 48.1 Å². The summed E-state index contributed by atoms with van der Waals surface area (Å²) < 4.78 is 0. The third kappa shape index (κ3) is 2.11. The summed E-state index contributed by atoms with van der Waals surface area (Å²) in [5.41, 5.74) is 2.04. The molecular formula is C14H17N3O. The van der Waals surface area contributed by atoms with Gasteiger partial charge in [-0.3, -0.25) is 4.79 Å². The van der Waals surface area contributed by atoms with Crippen LogP contribution in [0.5, 0.6) is 0 Å². The van der Waals surface area contributed by atoms with E-state index in [-0.39, 0.29) is 5.56 Å². The zero-order chi connectivity index (χ0) is 12.5. The fourth-order valence-electron chi connectivity index (χ4n) is 2.50. The van der Waals surface area contributed by atoms with E-state index in [1.807, 2.05) is 6.07 Å². The van der Waals surface area contributed by atoms with Gasteiger partial charge >= 0.3 is 0 Å². The number of pyridine rings is 1. The first-order valence-corrected chi connectivity index (χ1v) is 6.34. The average Bonchev–Trinajstić information content (AvgIpc) is 2.38. The SMILES string of the molecule is CC1CN(c2ccc3ccc(=O)[nH]c3c2)CCN1. The van der Waals surface area contributed by atoms with Gasteiger partial charge in [0.05, 0.1) is 5.52 Å². The first kappa shape index (κ1) is 11.3. The molecule has 1 unspecified atom stereocenters. The number of H-pyrrole nitrogens is 1. The highest BCUT2D eigenvalue weighted by Crippen LogP contribution is 2.20.